The first-order valence-corrected chi connectivity index (χ1v) is 11.6. The van der Waals surface area contributed by atoms with Crippen LogP contribution in [0.2, 0.25) is 0 Å². The Kier molecular flexibility index (Phi) is 8.88. The molecule has 0 aliphatic carbocycles. The number of piperidine rings is 1. The van der Waals surface area contributed by atoms with Gasteiger partial charge in [0, 0.05) is 44.8 Å². The maximum Gasteiger partial charge on any atom is 0.249 e. The Bertz CT molecular complexity index is 869. The third-order valence-electron chi connectivity index (χ3n) is 6.06. The molecule has 3 rings (SSSR count). The average molecular weight is 458 g/mol. The first kappa shape index (κ1) is 24.8. The number of carbonyl (C=O) groups excluding carboxylic acids is 3. The standard InChI is InChI=1S/C25H35N3O5/c1-18(2)26-23(29)13-19-10-11-27-14-20(19)8-6-12-33-22-9-5-4-7-21(22)15-28(16-24(27)30)25(31)17-32-3/h4-9,18-20H,10-17H2,1-3H3,(H,26,29)/t19-,20-/m0/s1. The molecule has 180 valence electrons. The summed E-state index contributed by atoms with van der Waals surface area (Å²) in [6.07, 6.45) is 5.20. The molecule has 8 heteroatoms. The number of benzene rings is 1. The van der Waals surface area contributed by atoms with Crippen LogP contribution in [0.5, 0.6) is 5.75 Å². The van der Waals surface area contributed by atoms with Crippen LogP contribution in [0.15, 0.2) is 36.4 Å². The molecule has 2 aliphatic rings. The molecule has 1 aromatic rings. The molecule has 0 radical (unpaired) electrons. The van der Waals surface area contributed by atoms with E-state index < -0.39 is 0 Å². The van der Waals surface area contributed by atoms with E-state index in [-0.39, 0.29) is 55.3 Å². The molecule has 8 nitrogen and oxygen atoms in total. The van der Waals surface area contributed by atoms with Crippen molar-refractivity contribution in [1.29, 1.82) is 0 Å². The molecule has 1 N–H and O–H groups in total. The number of fused-ring (bicyclic) bond motifs is 3. The van der Waals surface area contributed by atoms with Gasteiger partial charge < -0.3 is 24.6 Å². The van der Waals surface area contributed by atoms with Crippen molar-refractivity contribution < 1.29 is 23.9 Å². The van der Waals surface area contributed by atoms with Crippen LogP contribution in [0.3, 0.4) is 0 Å². The zero-order chi connectivity index (χ0) is 23.8. The third-order valence-corrected chi connectivity index (χ3v) is 6.06. The van der Waals surface area contributed by atoms with E-state index in [9.17, 15) is 14.4 Å². The van der Waals surface area contributed by atoms with E-state index in [0.29, 0.717) is 31.9 Å². The summed E-state index contributed by atoms with van der Waals surface area (Å²) in [5.41, 5.74) is 0.837. The second-order valence-corrected chi connectivity index (χ2v) is 9.01. The van der Waals surface area contributed by atoms with Crippen molar-refractivity contribution in [3.8, 4) is 5.75 Å². The Morgan fingerprint density at radius 2 is 2.03 bits per heavy atom. The Labute approximate surface area is 195 Å². The molecule has 1 saturated heterocycles. The lowest BCUT2D eigenvalue weighted by atomic mass is 9.82. The Morgan fingerprint density at radius 1 is 1.24 bits per heavy atom. The summed E-state index contributed by atoms with van der Waals surface area (Å²) in [7, 11) is 1.47. The Hall–Kier alpha value is -2.87. The number of para-hydroxylation sites is 1. The highest BCUT2D eigenvalue weighted by Crippen LogP contribution is 2.29. The van der Waals surface area contributed by atoms with Crippen molar-refractivity contribution in [3.05, 3.63) is 42.0 Å². The number of ether oxygens (including phenoxy) is 2. The smallest absolute Gasteiger partial charge is 0.249 e. The molecular formula is C25H35N3O5. The SMILES string of the molecule is COCC(=O)N1CC(=O)N2CC[C@@H](CC(=O)NC(C)C)[C@@H](C=CCOc3ccccc3C1)C2. The van der Waals surface area contributed by atoms with E-state index in [1.165, 1.54) is 12.0 Å². The number of rotatable bonds is 5. The first-order valence-electron chi connectivity index (χ1n) is 11.6. The van der Waals surface area contributed by atoms with Gasteiger partial charge in [-0.05, 0) is 38.2 Å². The lowest BCUT2D eigenvalue weighted by molar-refractivity contribution is -0.144. The van der Waals surface area contributed by atoms with Crippen LogP contribution in [0.1, 0.15) is 32.3 Å². The topological polar surface area (TPSA) is 88.2 Å². The third kappa shape index (κ3) is 7.05. The van der Waals surface area contributed by atoms with Crippen molar-refractivity contribution in [1.82, 2.24) is 15.1 Å². The predicted octanol–water partition coefficient (Wildman–Crippen LogP) is 1.99. The van der Waals surface area contributed by atoms with Crippen LogP contribution in [0.25, 0.3) is 0 Å². The lowest BCUT2D eigenvalue weighted by Gasteiger charge is -2.38. The second-order valence-electron chi connectivity index (χ2n) is 9.01. The minimum Gasteiger partial charge on any atom is -0.489 e. The van der Waals surface area contributed by atoms with Crippen LogP contribution >= 0.6 is 0 Å². The van der Waals surface area contributed by atoms with E-state index in [2.05, 4.69) is 11.4 Å². The van der Waals surface area contributed by atoms with Crippen molar-refractivity contribution in [2.24, 2.45) is 11.8 Å². The number of nitrogens with one attached hydrogen (secondary N) is 1. The second kappa shape index (κ2) is 11.8. The highest BCUT2D eigenvalue weighted by atomic mass is 16.5. The van der Waals surface area contributed by atoms with Crippen LogP contribution < -0.4 is 10.1 Å². The predicted molar refractivity (Wildman–Crippen MR) is 124 cm³/mol. The number of carbonyl (C=O) groups is 3. The summed E-state index contributed by atoms with van der Waals surface area (Å²) in [4.78, 5) is 41.6. The summed E-state index contributed by atoms with van der Waals surface area (Å²) >= 11 is 0. The van der Waals surface area contributed by atoms with E-state index in [4.69, 9.17) is 9.47 Å². The van der Waals surface area contributed by atoms with Gasteiger partial charge in [0.1, 0.15) is 25.5 Å². The molecule has 2 heterocycles. The monoisotopic (exact) mass is 457 g/mol. The molecule has 0 saturated carbocycles. The molecule has 33 heavy (non-hydrogen) atoms. The maximum absolute atomic E-state index is 13.2. The molecular weight excluding hydrogens is 422 g/mol. The number of amides is 3. The molecule has 2 aliphatic heterocycles. The zero-order valence-electron chi connectivity index (χ0n) is 19.8. The summed E-state index contributed by atoms with van der Waals surface area (Å²) in [6, 6.07) is 7.64. The molecule has 0 spiro atoms. The minimum atomic E-state index is -0.245. The largest absolute Gasteiger partial charge is 0.489 e. The molecule has 1 aromatic carbocycles. The van der Waals surface area contributed by atoms with Gasteiger partial charge in [-0.25, -0.2) is 0 Å². The minimum absolute atomic E-state index is 0.0224. The van der Waals surface area contributed by atoms with Gasteiger partial charge in [0.05, 0.1) is 0 Å². The maximum atomic E-state index is 13.2. The van der Waals surface area contributed by atoms with E-state index in [1.807, 2.05) is 49.1 Å². The summed E-state index contributed by atoms with van der Waals surface area (Å²) in [5.74, 6) is 0.565. The highest BCUT2D eigenvalue weighted by Gasteiger charge is 2.32. The normalized spacial score (nSPS) is 21.4. The average Bonchev–Trinajstić information content (AvgIpc) is 2.77. The number of hydrogen-bond donors (Lipinski definition) is 1. The van der Waals surface area contributed by atoms with Crippen LogP contribution in [-0.4, -0.2) is 73.5 Å². The molecule has 0 aromatic heterocycles. The van der Waals surface area contributed by atoms with Gasteiger partial charge in [0.2, 0.25) is 17.7 Å². The van der Waals surface area contributed by atoms with E-state index >= 15 is 0 Å². The van der Waals surface area contributed by atoms with Crippen LogP contribution in [0, 0.1) is 11.8 Å². The molecule has 2 bridgehead atoms. The zero-order valence-corrected chi connectivity index (χ0v) is 19.8. The van der Waals surface area contributed by atoms with Crippen molar-refractivity contribution in [2.45, 2.75) is 39.3 Å². The molecule has 1 fully saturated rings. The molecule has 2 atom stereocenters. The van der Waals surface area contributed by atoms with Crippen LogP contribution in [-0.2, 0) is 25.7 Å². The fraction of sp³-hybridized carbons (Fsp3) is 0.560. The van der Waals surface area contributed by atoms with Gasteiger partial charge in [0.15, 0.2) is 0 Å². The Balaban J connectivity index is 1.83. The highest BCUT2D eigenvalue weighted by molar-refractivity contribution is 5.85. The lowest BCUT2D eigenvalue weighted by Crippen LogP contribution is -2.49. The molecule has 0 unspecified atom stereocenters. The van der Waals surface area contributed by atoms with Gasteiger partial charge in [-0.3, -0.25) is 14.4 Å². The van der Waals surface area contributed by atoms with Gasteiger partial charge in [0.25, 0.3) is 0 Å². The van der Waals surface area contributed by atoms with E-state index in [1.54, 1.807) is 0 Å². The van der Waals surface area contributed by atoms with Gasteiger partial charge in [-0.2, -0.15) is 0 Å². The fourth-order valence-corrected chi connectivity index (χ4v) is 4.41. The Morgan fingerprint density at radius 3 is 2.79 bits per heavy atom. The fourth-order valence-electron chi connectivity index (χ4n) is 4.41. The molecule has 3 amide bonds. The van der Waals surface area contributed by atoms with Gasteiger partial charge in [-0.1, -0.05) is 30.4 Å². The summed E-state index contributed by atoms with van der Waals surface area (Å²) in [5, 5.41) is 2.97. The quantitative estimate of drug-likeness (QED) is 0.684. The number of methoxy groups -OCH3 is 1. The number of hydrogen-bond acceptors (Lipinski definition) is 5. The van der Waals surface area contributed by atoms with Gasteiger partial charge >= 0.3 is 0 Å². The summed E-state index contributed by atoms with van der Waals surface area (Å²) in [6.45, 7) is 5.52. The van der Waals surface area contributed by atoms with Crippen molar-refractivity contribution in [3.63, 3.8) is 0 Å². The van der Waals surface area contributed by atoms with E-state index in [0.717, 1.165) is 12.0 Å². The van der Waals surface area contributed by atoms with Crippen LogP contribution in [0.4, 0.5) is 0 Å². The summed E-state index contributed by atoms with van der Waals surface area (Å²) < 4.78 is 11.0. The first-order chi connectivity index (χ1) is 15.9. The van der Waals surface area contributed by atoms with Crippen molar-refractivity contribution >= 4 is 17.7 Å². The number of nitrogens with zero attached hydrogens (tertiary/aromatic N) is 2. The van der Waals surface area contributed by atoms with Gasteiger partial charge in [-0.15, -0.1) is 0 Å². The van der Waals surface area contributed by atoms with Crippen molar-refractivity contribution in [2.75, 3.05) is 40.0 Å².